The monoisotopic (exact) mass is 498 g/mol. The molecular formula is C23H22Cl2F2N2O4. The molecule has 0 heterocycles. The van der Waals surface area contributed by atoms with Crippen molar-refractivity contribution in [1.29, 1.82) is 0 Å². The van der Waals surface area contributed by atoms with Gasteiger partial charge in [-0.15, -0.1) is 0 Å². The Morgan fingerprint density at radius 1 is 0.788 bits per heavy atom. The van der Waals surface area contributed by atoms with Crippen LogP contribution in [-0.4, -0.2) is 36.1 Å². The molecule has 33 heavy (non-hydrogen) atoms. The highest BCUT2D eigenvalue weighted by Crippen LogP contribution is 2.60. The van der Waals surface area contributed by atoms with Crippen LogP contribution in [0.2, 0.25) is 10.0 Å². The number of carbonyl (C=O) groups excluding carboxylic acids is 2. The van der Waals surface area contributed by atoms with E-state index in [1.807, 2.05) is 0 Å². The molecule has 6 nitrogen and oxygen atoms in total. The first-order valence-corrected chi connectivity index (χ1v) is 11.2. The lowest BCUT2D eigenvalue weighted by Gasteiger charge is -2.70. The van der Waals surface area contributed by atoms with Crippen molar-refractivity contribution in [2.24, 2.45) is 0 Å². The van der Waals surface area contributed by atoms with Gasteiger partial charge in [-0.1, -0.05) is 23.2 Å². The normalized spacial score (nSPS) is 22.5. The summed E-state index contributed by atoms with van der Waals surface area (Å²) in [7, 11) is 0. The summed E-state index contributed by atoms with van der Waals surface area (Å²) in [5, 5.41) is 6.02. The van der Waals surface area contributed by atoms with Crippen LogP contribution in [0.5, 0.6) is 11.5 Å². The van der Waals surface area contributed by atoms with Crippen molar-refractivity contribution in [3.05, 3.63) is 58.1 Å². The second kappa shape index (κ2) is 9.35. The maximum absolute atomic E-state index is 13.4. The smallest absolute Gasteiger partial charge is 0.223 e. The summed E-state index contributed by atoms with van der Waals surface area (Å²) >= 11 is 11.2. The van der Waals surface area contributed by atoms with Crippen molar-refractivity contribution in [2.45, 2.75) is 43.2 Å². The van der Waals surface area contributed by atoms with Crippen LogP contribution in [0.4, 0.5) is 8.78 Å². The van der Waals surface area contributed by atoms with Gasteiger partial charge >= 0.3 is 0 Å². The zero-order valence-electron chi connectivity index (χ0n) is 17.6. The maximum Gasteiger partial charge on any atom is 0.223 e. The van der Waals surface area contributed by atoms with E-state index in [1.54, 1.807) is 0 Å². The van der Waals surface area contributed by atoms with Gasteiger partial charge in [0.05, 0.1) is 36.1 Å². The SMILES string of the molecule is O=C(CCOc1ccc(Cl)c(F)c1)NC12CC(NC(=O)CCOc3ccc(Cl)c(F)c3)(C1)C2. The first-order chi connectivity index (χ1) is 15.7. The van der Waals surface area contributed by atoms with E-state index in [9.17, 15) is 18.4 Å². The summed E-state index contributed by atoms with van der Waals surface area (Å²) in [4.78, 5) is 24.4. The van der Waals surface area contributed by atoms with Gasteiger partial charge < -0.3 is 20.1 Å². The average Bonchev–Trinajstić information content (AvgIpc) is 2.71. The molecule has 0 unspecified atom stereocenters. The largest absolute Gasteiger partial charge is 0.493 e. The molecule has 3 aliphatic rings. The van der Waals surface area contributed by atoms with Crippen LogP contribution in [-0.2, 0) is 9.59 Å². The Morgan fingerprint density at radius 2 is 1.18 bits per heavy atom. The van der Waals surface area contributed by atoms with Gasteiger partial charge in [0.15, 0.2) is 0 Å². The van der Waals surface area contributed by atoms with Gasteiger partial charge in [-0.05, 0) is 43.5 Å². The summed E-state index contributed by atoms with van der Waals surface area (Å²) in [5.41, 5.74) is -0.567. The fourth-order valence-electron chi connectivity index (χ4n) is 4.43. The van der Waals surface area contributed by atoms with E-state index >= 15 is 0 Å². The quantitative estimate of drug-likeness (QED) is 0.508. The minimum absolute atomic E-state index is 0.00852. The topological polar surface area (TPSA) is 76.7 Å². The molecule has 10 heteroatoms. The molecule has 5 rings (SSSR count). The summed E-state index contributed by atoms with van der Waals surface area (Å²) < 4.78 is 37.6. The Labute approximate surface area is 199 Å². The van der Waals surface area contributed by atoms with E-state index in [1.165, 1.54) is 36.4 Å². The van der Waals surface area contributed by atoms with Crippen LogP contribution in [0.25, 0.3) is 0 Å². The molecule has 2 aromatic rings. The Hall–Kier alpha value is -2.58. The zero-order valence-corrected chi connectivity index (χ0v) is 19.1. The van der Waals surface area contributed by atoms with Crippen molar-refractivity contribution in [3.8, 4) is 11.5 Å². The lowest BCUT2D eigenvalue weighted by atomic mass is 9.44. The van der Waals surface area contributed by atoms with Crippen LogP contribution < -0.4 is 20.1 Å². The van der Waals surface area contributed by atoms with Crippen LogP contribution >= 0.6 is 23.2 Å². The molecular weight excluding hydrogens is 477 g/mol. The highest BCUT2D eigenvalue weighted by atomic mass is 35.5. The number of carbonyl (C=O) groups is 2. The number of benzene rings is 2. The molecule has 0 radical (unpaired) electrons. The molecule has 2 amide bonds. The number of hydrogen-bond acceptors (Lipinski definition) is 4. The van der Waals surface area contributed by atoms with Crippen molar-refractivity contribution >= 4 is 35.0 Å². The highest BCUT2D eigenvalue weighted by Gasteiger charge is 2.69. The number of amides is 2. The van der Waals surface area contributed by atoms with Gasteiger partial charge in [0.25, 0.3) is 0 Å². The van der Waals surface area contributed by atoms with Crippen molar-refractivity contribution in [3.63, 3.8) is 0 Å². The van der Waals surface area contributed by atoms with Crippen LogP contribution in [0.3, 0.4) is 0 Å². The van der Waals surface area contributed by atoms with Gasteiger partial charge in [-0.25, -0.2) is 8.78 Å². The average molecular weight is 499 g/mol. The van der Waals surface area contributed by atoms with Crippen molar-refractivity contribution < 1.29 is 27.8 Å². The molecule has 0 saturated heterocycles. The molecule has 2 bridgehead atoms. The molecule has 2 aromatic carbocycles. The first kappa shape index (κ1) is 23.6. The molecule has 2 N–H and O–H groups in total. The molecule has 0 aromatic heterocycles. The van der Waals surface area contributed by atoms with Crippen LogP contribution in [0.15, 0.2) is 36.4 Å². The van der Waals surface area contributed by atoms with E-state index < -0.39 is 11.6 Å². The molecule has 3 saturated carbocycles. The second-order valence-electron chi connectivity index (χ2n) is 8.54. The predicted octanol–water partition coefficient (Wildman–Crippen LogP) is 4.42. The lowest BCUT2D eigenvalue weighted by Crippen LogP contribution is -2.83. The minimum Gasteiger partial charge on any atom is -0.493 e. The Morgan fingerprint density at radius 3 is 1.55 bits per heavy atom. The summed E-state index contributed by atoms with van der Waals surface area (Å²) in [6.07, 6.45) is 2.28. The third-order valence-corrected chi connectivity index (χ3v) is 6.43. The summed E-state index contributed by atoms with van der Waals surface area (Å²) in [6.45, 7) is 0.227. The van der Waals surface area contributed by atoms with Crippen LogP contribution in [0.1, 0.15) is 32.1 Å². The maximum atomic E-state index is 13.4. The lowest BCUT2D eigenvalue weighted by molar-refractivity contribution is -0.149. The van der Waals surface area contributed by atoms with E-state index in [2.05, 4.69) is 10.6 Å². The molecule has 176 valence electrons. The first-order valence-electron chi connectivity index (χ1n) is 10.5. The molecule has 0 aliphatic heterocycles. The fraction of sp³-hybridized carbons (Fsp3) is 0.391. The van der Waals surface area contributed by atoms with E-state index in [4.69, 9.17) is 32.7 Å². The van der Waals surface area contributed by atoms with Crippen molar-refractivity contribution in [2.75, 3.05) is 13.2 Å². The van der Waals surface area contributed by atoms with Gasteiger partial charge in [-0.2, -0.15) is 0 Å². The van der Waals surface area contributed by atoms with Gasteiger partial charge in [-0.3, -0.25) is 9.59 Å². The fourth-order valence-corrected chi connectivity index (χ4v) is 4.66. The van der Waals surface area contributed by atoms with E-state index in [-0.39, 0.29) is 59.0 Å². The van der Waals surface area contributed by atoms with Crippen molar-refractivity contribution in [1.82, 2.24) is 10.6 Å². The number of ether oxygens (including phenoxy) is 2. The highest BCUT2D eigenvalue weighted by molar-refractivity contribution is 6.31. The summed E-state index contributed by atoms with van der Waals surface area (Å²) in [6, 6.07) is 8.21. The van der Waals surface area contributed by atoms with Gasteiger partial charge in [0, 0.05) is 23.2 Å². The number of rotatable bonds is 10. The summed E-state index contributed by atoms with van der Waals surface area (Å²) in [5.74, 6) is -0.861. The second-order valence-corrected chi connectivity index (χ2v) is 9.35. The Bertz CT molecular complexity index is 981. The third kappa shape index (κ3) is 5.50. The molecule has 3 fully saturated rings. The van der Waals surface area contributed by atoms with Crippen LogP contribution in [0, 0.1) is 11.6 Å². The third-order valence-electron chi connectivity index (χ3n) is 5.82. The molecule has 3 aliphatic carbocycles. The Kier molecular flexibility index (Phi) is 6.68. The number of nitrogens with one attached hydrogen (secondary N) is 2. The standard InChI is InChI=1S/C23H22Cl2F2N2O4/c24-16-3-1-14(9-18(16)26)32-7-5-20(30)28-22-11-23(12-22,13-22)29-21(31)6-8-33-15-2-4-17(25)19(27)10-15/h1-4,9-10H,5-8,11-13H2,(H,28,30)(H,29,31). The zero-order chi connectivity index (χ0) is 23.6. The van der Waals surface area contributed by atoms with E-state index in [0.717, 1.165) is 0 Å². The minimum atomic E-state index is -0.578. The number of hydrogen-bond donors (Lipinski definition) is 2. The van der Waals surface area contributed by atoms with E-state index in [0.29, 0.717) is 30.8 Å². The van der Waals surface area contributed by atoms with Gasteiger partial charge in [0.2, 0.25) is 11.8 Å². The molecule has 0 atom stereocenters. The number of halogens is 4. The predicted molar refractivity (Wildman–Crippen MR) is 119 cm³/mol. The van der Waals surface area contributed by atoms with Gasteiger partial charge in [0.1, 0.15) is 23.1 Å². The Balaban J connectivity index is 1.11. The molecule has 0 spiro atoms.